The van der Waals surface area contributed by atoms with Gasteiger partial charge in [0.05, 0.1) is 12.2 Å². The number of fused-ring (bicyclic) bond motifs is 1. The van der Waals surface area contributed by atoms with Crippen molar-refractivity contribution in [3.63, 3.8) is 0 Å². The smallest absolute Gasteiger partial charge is 0.270 e. The number of aromatic nitrogens is 1. The van der Waals surface area contributed by atoms with E-state index in [-0.39, 0.29) is 12.0 Å². The van der Waals surface area contributed by atoms with Gasteiger partial charge in [0, 0.05) is 12.6 Å². The van der Waals surface area contributed by atoms with E-state index in [1.807, 2.05) is 24.3 Å². The summed E-state index contributed by atoms with van der Waals surface area (Å²) in [5.41, 5.74) is 4.62. The maximum Gasteiger partial charge on any atom is 0.270 e. The Morgan fingerprint density at radius 1 is 1.38 bits per heavy atom. The second-order valence-electron chi connectivity index (χ2n) is 4.84. The Labute approximate surface area is 122 Å². The fourth-order valence-electron chi connectivity index (χ4n) is 2.31. The molecule has 4 N–H and O–H groups in total. The number of carbonyl (C=O) groups excluding carboxylic acids is 1. The molecule has 1 aliphatic rings. The summed E-state index contributed by atoms with van der Waals surface area (Å²) in [7, 11) is 0. The summed E-state index contributed by atoms with van der Waals surface area (Å²) in [6.45, 7) is 0.440. The fraction of sp³-hybridized carbons (Fsp3) is 0.200. The summed E-state index contributed by atoms with van der Waals surface area (Å²) in [5, 5.41) is 2.83. The Hall–Kier alpha value is -2.60. The number of nitrogens with two attached hydrogens (primary N) is 1. The SMILES string of the molecule is NNc1ccnc(C(=O)NCC2Cc3ccccc3O2)c1. The number of benzene rings is 1. The first-order valence-electron chi connectivity index (χ1n) is 6.71. The van der Waals surface area contributed by atoms with E-state index in [0.717, 1.165) is 12.2 Å². The number of pyridine rings is 1. The van der Waals surface area contributed by atoms with Crippen LogP contribution in [0.2, 0.25) is 0 Å². The number of nitrogens with zero attached hydrogens (tertiary/aromatic N) is 1. The Bertz CT molecular complexity index is 635. The predicted octanol–water partition coefficient (Wildman–Crippen LogP) is 1.10. The van der Waals surface area contributed by atoms with Crippen LogP contribution in [0, 0.1) is 0 Å². The highest BCUT2D eigenvalue weighted by molar-refractivity contribution is 5.93. The number of para-hydroxylation sites is 1. The quantitative estimate of drug-likeness (QED) is 0.578. The van der Waals surface area contributed by atoms with E-state index in [1.165, 1.54) is 11.8 Å². The van der Waals surface area contributed by atoms with Crippen LogP contribution in [0.25, 0.3) is 0 Å². The third-order valence-corrected chi connectivity index (χ3v) is 3.36. The van der Waals surface area contributed by atoms with Crippen LogP contribution in [0.1, 0.15) is 16.1 Å². The zero-order valence-electron chi connectivity index (χ0n) is 11.4. The lowest BCUT2D eigenvalue weighted by atomic mass is 10.1. The van der Waals surface area contributed by atoms with Gasteiger partial charge < -0.3 is 15.5 Å². The molecular formula is C15H16N4O2. The molecule has 21 heavy (non-hydrogen) atoms. The van der Waals surface area contributed by atoms with Crippen LogP contribution in [-0.4, -0.2) is 23.5 Å². The molecule has 0 spiro atoms. The van der Waals surface area contributed by atoms with Crippen molar-refractivity contribution in [1.29, 1.82) is 0 Å². The number of carbonyl (C=O) groups is 1. The van der Waals surface area contributed by atoms with Gasteiger partial charge in [-0.2, -0.15) is 0 Å². The summed E-state index contributed by atoms with van der Waals surface area (Å²) in [6.07, 6.45) is 2.29. The molecule has 2 heterocycles. The van der Waals surface area contributed by atoms with Crippen molar-refractivity contribution in [3.05, 3.63) is 53.9 Å². The van der Waals surface area contributed by atoms with Crippen molar-refractivity contribution in [2.45, 2.75) is 12.5 Å². The van der Waals surface area contributed by atoms with Gasteiger partial charge in [-0.05, 0) is 23.8 Å². The van der Waals surface area contributed by atoms with Crippen LogP contribution in [0.15, 0.2) is 42.6 Å². The molecule has 0 saturated heterocycles. The second kappa shape index (κ2) is 5.80. The minimum absolute atomic E-state index is 0.0397. The lowest BCUT2D eigenvalue weighted by Gasteiger charge is -2.12. The molecule has 1 aromatic heterocycles. The predicted molar refractivity (Wildman–Crippen MR) is 78.9 cm³/mol. The molecule has 0 aliphatic carbocycles. The van der Waals surface area contributed by atoms with Crippen molar-refractivity contribution in [3.8, 4) is 5.75 Å². The lowest BCUT2D eigenvalue weighted by Crippen LogP contribution is -2.34. The zero-order valence-corrected chi connectivity index (χ0v) is 11.4. The van der Waals surface area contributed by atoms with E-state index in [0.29, 0.717) is 17.9 Å². The zero-order chi connectivity index (χ0) is 14.7. The molecule has 0 bridgehead atoms. The molecule has 0 fully saturated rings. The first-order valence-corrected chi connectivity index (χ1v) is 6.71. The van der Waals surface area contributed by atoms with E-state index < -0.39 is 0 Å². The number of rotatable bonds is 4. The minimum atomic E-state index is -0.244. The van der Waals surface area contributed by atoms with Crippen LogP contribution < -0.4 is 21.3 Å². The van der Waals surface area contributed by atoms with E-state index in [9.17, 15) is 4.79 Å². The van der Waals surface area contributed by atoms with Crippen LogP contribution >= 0.6 is 0 Å². The molecular weight excluding hydrogens is 268 g/mol. The van der Waals surface area contributed by atoms with Crippen molar-refractivity contribution in [2.75, 3.05) is 12.0 Å². The molecule has 1 unspecified atom stereocenters. The van der Waals surface area contributed by atoms with Crippen molar-refractivity contribution >= 4 is 11.6 Å². The topological polar surface area (TPSA) is 89.3 Å². The second-order valence-corrected chi connectivity index (χ2v) is 4.84. The van der Waals surface area contributed by atoms with Gasteiger partial charge in [0.1, 0.15) is 17.5 Å². The Morgan fingerprint density at radius 3 is 3.05 bits per heavy atom. The largest absolute Gasteiger partial charge is 0.488 e. The lowest BCUT2D eigenvalue weighted by molar-refractivity contribution is 0.0928. The highest BCUT2D eigenvalue weighted by Crippen LogP contribution is 2.27. The summed E-state index contributed by atoms with van der Waals surface area (Å²) in [5.74, 6) is 5.96. The van der Waals surface area contributed by atoms with Crippen molar-refractivity contribution in [2.24, 2.45) is 5.84 Å². The number of nitrogens with one attached hydrogen (secondary N) is 2. The van der Waals surface area contributed by atoms with Gasteiger partial charge >= 0.3 is 0 Å². The van der Waals surface area contributed by atoms with E-state index in [2.05, 4.69) is 15.7 Å². The molecule has 1 atom stereocenters. The van der Waals surface area contributed by atoms with Gasteiger partial charge in [-0.1, -0.05) is 18.2 Å². The number of hydrogen-bond donors (Lipinski definition) is 3. The number of anilines is 1. The van der Waals surface area contributed by atoms with E-state index in [4.69, 9.17) is 10.6 Å². The summed E-state index contributed by atoms with van der Waals surface area (Å²) >= 11 is 0. The molecule has 0 saturated carbocycles. The number of ether oxygens (including phenoxy) is 1. The fourth-order valence-corrected chi connectivity index (χ4v) is 2.31. The third-order valence-electron chi connectivity index (χ3n) is 3.36. The van der Waals surface area contributed by atoms with Gasteiger partial charge in [-0.3, -0.25) is 15.6 Å². The molecule has 3 rings (SSSR count). The summed E-state index contributed by atoms with van der Waals surface area (Å²) in [4.78, 5) is 16.1. The third kappa shape index (κ3) is 2.95. The Morgan fingerprint density at radius 2 is 2.24 bits per heavy atom. The number of hydrogen-bond acceptors (Lipinski definition) is 5. The molecule has 0 radical (unpaired) electrons. The van der Waals surface area contributed by atoms with Crippen LogP contribution in [0.3, 0.4) is 0 Å². The molecule has 108 valence electrons. The first kappa shape index (κ1) is 13.4. The highest BCUT2D eigenvalue weighted by atomic mass is 16.5. The monoisotopic (exact) mass is 284 g/mol. The van der Waals surface area contributed by atoms with Crippen molar-refractivity contribution < 1.29 is 9.53 Å². The standard InChI is InChI=1S/C15H16N4O2/c16-19-11-5-6-17-13(8-11)15(20)18-9-12-7-10-3-1-2-4-14(10)21-12/h1-6,8,12H,7,9,16H2,(H,17,19)(H,18,20). The molecule has 1 aliphatic heterocycles. The number of nitrogen functional groups attached to an aromatic ring is 1. The number of amides is 1. The summed E-state index contributed by atoms with van der Waals surface area (Å²) < 4.78 is 5.77. The minimum Gasteiger partial charge on any atom is -0.488 e. The Balaban J connectivity index is 1.57. The van der Waals surface area contributed by atoms with Gasteiger partial charge in [-0.15, -0.1) is 0 Å². The average molecular weight is 284 g/mol. The molecule has 1 amide bonds. The first-order chi connectivity index (χ1) is 10.3. The van der Waals surface area contributed by atoms with Crippen LogP contribution in [0.5, 0.6) is 5.75 Å². The van der Waals surface area contributed by atoms with Gasteiger partial charge in [0.15, 0.2) is 0 Å². The highest BCUT2D eigenvalue weighted by Gasteiger charge is 2.22. The normalized spacial score (nSPS) is 16.0. The van der Waals surface area contributed by atoms with Gasteiger partial charge in [-0.25, -0.2) is 0 Å². The van der Waals surface area contributed by atoms with E-state index >= 15 is 0 Å². The average Bonchev–Trinajstić information content (AvgIpc) is 2.95. The molecule has 6 nitrogen and oxygen atoms in total. The maximum absolute atomic E-state index is 12.0. The number of hydrazine groups is 1. The molecule has 1 aromatic carbocycles. The van der Waals surface area contributed by atoms with Crippen LogP contribution in [-0.2, 0) is 6.42 Å². The van der Waals surface area contributed by atoms with Gasteiger partial charge in [0.25, 0.3) is 5.91 Å². The summed E-state index contributed by atoms with van der Waals surface area (Å²) in [6, 6.07) is 11.2. The maximum atomic E-state index is 12.0. The molecule has 2 aromatic rings. The van der Waals surface area contributed by atoms with Gasteiger partial charge in [0.2, 0.25) is 0 Å². The molecule has 6 heteroatoms. The van der Waals surface area contributed by atoms with Crippen molar-refractivity contribution in [1.82, 2.24) is 10.3 Å². The van der Waals surface area contributed by atoms with Crippen LogP contribution in [0.4, 0.5) is 5.69 Å². The Kier molecular flexibility index (Phi) is 3.70. The van der Waals surface area contributed by atoms with E-state index in [1.54, 1.807) is 12.1 Å².